The fraction of sp³-hybridized carbons (Fsp3) is 0.562. The Balaban J connectivity index is 1.95. The normalized spacial score (nSPS) is 26.4. The zero-order valence-electron chi connectivity index (χ0n) is 11.9. The summed E-state index contributed by atoms with van der Waals surface area (Å²) in [6.07, 6.45) is 3.42. The summed E-state index contributed by atoms with van der Waals surface area (Å²) in [5.41, 5.74) is 0.382. The number of carboxylic acids is 1. The zero-order valence-corrected chi connectivity index (χ0v) is 11.9. The summed E-state index contributed by atoms with van der Waals surface area (Å²) in [5.74, 6) is -0.348. The van der Waals surface area contributed by atoms with Gasteiger partial charge in [-0.2, -0.15) is 0 Å². The molecule has 0 spiro atoms. The van der Waals surface area contributed by atoms with E-state index in [0.29, 0.717) is 17.4 Å². The van der Waals surface area contributed by atoms with Gasteiger partial charge >= 0.3 is 5.97 Å². The molecule has 1 saturated carbocycles. The molecule has 0 saturated heterocycles. The van der Waals surface area contributed by atoms with E-state index in [0.717, 1.165) is 18.9 Å². The predicted octanol–water partition coefficient (Wildman–Crippen LogP) is 3.87. The minimum atomic E-state index is -1.12. The van der Waals surface area contributed by atoms with Crippen LogP contribution >= 0.6 is 0 Å². The van der Waals surface area contributed by atoms with Gasteiger partial charge in [0.15, 0.2) is 0 Å². The summed E-state index contributed by atoms with van der Waals surface area (Å²) in [7, 11) is 0. The van der Waals surface area contributed by atoms with Crippen molar-refractivity contribution in [3.63, 3.8) is 0 Å². The number of benzene rings is 1. The monoisotopic (exact) mass is 280 g/mol. The Morgan fingerprint density at radius 1 is 1.30 bits per heavy atom. The van der Waals surface area contributed by atoms with Gasteiger partial charge in [0.1, 0.15) is 5.82 Å². The molecule has 2 rings (SSSR count). The van der Waals surface area contributed by atoms with Crippen LogP contribution in [-0.2, 0) is 11.3 Å². The van der Waals surface area contributed by atoms with Crippen LogP contribution in [0.25, 0.3) is 0 Å². The molecule has 0 aromatic heterocycles. The average Bonchev–Trinajstić information content (AvgIpc) is 2.36. The largest absolute Gasteiger partial charge is 0.478 e. The lowest BCUT2D eigenvalue weighted by Crippen LogP contribution is -2.26. The Hall–Kier alpha value is -1.42. The molecule has 0 radical (unpaired) electrons. The fourth-order valence-electron chi connectivity index (χ4n) is 3.01. The molecule has 1 aliphatic rings. The number of hydrogen-bond acceptors (Lipinski definition) is 2. The molecule has 20 heavy (non-hydrogen) atoms. The van der Waals surface area contributed by atoms with Gasteiger partial charge in [-0.3, -0.25) is 0 Å². The van der Waals surface area contributed by atoms with Crippen molar-refractivity contribution in [3.05, 3.63) is 35.1 Å². The molecular formula is C16H21FO3. The van der Waals surface area contributed by atoms with Gasteiger partial charge in [0.25, 0.3) is 0 Å². The third-order valence-corrected chi connectivity index (χ3v) is 3.91. The first-order chi connectivity index (χ1) is 9.45. The molecule has 4 heteroatoms. The molecule has 0 aliphatic heterocycles. The van der Waals surface area contributed by atoms with E-state index < -0.39 is 11.8 Å². The van der Waals surface area contributed by atoms with Gasteiger partial charge in [-0.25, -0.2) is 9.18 Å². The second kappa shape index (κ2) is 6.35. The lowest BCUT2D eigenvalue weighted by molar-refractivity contribution is -0.0102. The van der Waals surface area contributed by atoms with Crippen molar-refractivity contribution in [3.8, 4) is 0 Å². The van der Waals surface area contributed by atoms with Crippen LogP contribution in [0.3, 0.4) is 0 Å². The van der Waals surface area contributed by atoms with Gasteiger partial charge < -0.3 is 9.84 Å². The van der Waals surface area contributed by atoms with Gasteiger partial charge in [-0.05, 0) is 43.2 Å². The van der Waals surface area contributed by atoms with E-state index in [1.807, 2.05) is 0 Å². The van der Waals surface area contributed by atoms with Gasteiger partial charge in [-0.1, -0.05) is 19.9 Å². The molecular weight excluding hydrogens is 259 g/mol. The Morgan fingerprint density at radius 3 is 2.50 bits per heavy atom. The van der Waals surface area contributed by atoms with Gasteiger partial charge in [0, 0.05) is 5.56 Å². The molecule has 2 unspecified atom stereocenters. The number of halogens is 1. The van der Waals surface area contributed by atoms with Crippen LogP contribution in [0.5, 0.6) is 0 Å². The SMILES string of the molecule is CC1CC(C)CC(OCc2ccc(C(=O)O)cc2F)C1. The Labute approximate surface area is 118 Å². The number of hydrogen-bond donors (Lipinski definition) is 1. The molecule has 110 valence electrons. The smallest absolute Gasteiger partial charge is 0.335 e. The van der Waals surface area contributed by atoms with Crippen molar-refractivity contribution in [2.45, 2.75) is 45.8 Å². The maximum Gasteiger partial charge on any atom is 0.335 e. The lowest BCUT2D eigenvalue weighted by Gasteiger charge is -2.31. The number of ether oxygens (including phenoxy) is 1. The van der Waals surface area contributed by atoms with Crippen molar-refractivity contribution in [1.29, 1.82) is 0 Å². The van der Waals surface area contributed by atoms with E-state index in [-0.39, 0.29) is 18.3 Å². The van der Waals surface area contributed by atoms with Crippen LogP contribution in [0.15, 0.2) is 18.2 Å². The second-order valence-electron chi connectivity index (χ2n) is 5.96. The van der Waals surface area contributed by atoms with E-state index in [4.69, 9.17) is 9.84 Å². The van der Waals surface area contributed by atoms with E-state index in [2.05, 4.69) is 13.8 Å². The highest BCUT2D eigenvalue weighted by Crippen LogP contribution is 2.30. The van der Waals surface area contributed by atoms with Crippen LogP contribution in [0, 0.1) is 17.7 Å². The second-order valence-corrected chi connectivity index (χ2v) is 5.96. The maximum atomic E-state index is 13.8. The first kappa shape index (κ1) is 15.0. The number of rotatable bonds is 4. The van der Waals surface area contributed by atoms with Crippen LogP contribution in [0.1, 0.15) is 49.0 Å². The van der Waals surface area contributed by atoms with Crippen LogP contribution in [0.4, 0.5) is 4.39 Å². The van der Waals surface area contributed by atoms with E-state index in [1.165, 1.54) is 18.6 Å². The molecule has 1 aliphatic carbocycles. The van der Waals surface area contributed by atoms with E-state index in [1.54, 1.807) is 0 Å². The molecule has 2 atom stereocenters. The van der Waals surface area contributed by atoms with E-state index >= 15 is 0 Å². The highest BCUT2D eigenvalue weighted by Gasteiger charge is 2.24. The topological polar surface area (TPSA) is 46.5 Å². The zero-order chi connectivity index (χ0) is 14.7. The molecule has 1 fully saturated rings. The molecule has 0 bridgehead atoms. The maximum absolute atomic E-state index is 13.8. The van der Waals surface area contributed by atoms with Gasteiger partial charge in [-0.15, -0.1) is 0 Å². The third kappa shape index (κ3) is 3.79. The summed E-state index contributed by atoms with van der Waals surface area (Å²) in [5, 5.41) is 8.79. The van der Waals surface area contributed by atoms with Crippen molar-refractivity contribution >= 4 is 5.97 Å². The average molecular weight is 280 g/mol. The predicted molar refractivity (Wildman–Crippen MR) is 74.1 cm³/mol. The molecule has 0 heterocycles. The highest BCUT2D eigenvalue weighted by atomic mass is 19.1. The third-order valence-electron chi connectivity index (χ3n) is 3.91. The fourth-order valence-corrected chi connectivity index (χ4v) is 3.01. The number of carboxylic acid groups (broad SMARTS) is 1. The van der Waals surface area contributed by atoms with Crippen molar-refractivity contribution in [2.75, 3.05) is 0 Å². The summed E-state index contributed by atoms with van der Waals surface area (Å²) < 4.78 is 19.6. The molecule has 1 N–H and O–H groups in total. The summed E-state index contributed by atoms with van der Waals surface area (Å²) in [6.45, 7) is 4.64. The number of aromatic carboxylic acids is 1. The Morgan fingerprint density at radius 2 is 1.95 bits per heavy atom. The standard InChI is InChI=1S/C16H21FO3/c1-10-5-11(2)7-14(6-10)20-9-13-4-3-12(16(18)19)8-15(13)17/h3-4,8,10-11,14H,5-7,9H2,1-2H3,(H,18,19). The van der Waals surface area contributed by atoms with Crippen molar-refractivity contribution < 1.29 is 19.0 Å². The summed E-state index contributed by atoms with van der Waals surface area (Å²) >= 11 is 0. The first-order valence-electron chi connectivity index (χ1n) is 7.09. The summed E-state index contributed by atoms with van der Waals surface area (Å²) in [6, 6.07) is 3.96. The Kier molecular flexibility index (Phi) is 4.76. The van der Waals surface area contributed by atoms with Crippen molar-refractivity contribution in [1.82, 2.24) is 0 Å². The minimum absolute atomic E-state index is 0.0360. The molecule has 1 aromatic rings. The van der Waals surface area contributed by atoms with Crippen molar-refractivity contribution in [2.24, 2.45) is 11.8 Å². The molecule has 3 nitrogen and oxygen atoms in total. The minimum Gasteiger partial charge on any atom is -0.478 e. The van der Waals surface area contributed by atoms with Crippen LogP contribution in [0.2, 0.25) is 0 Å². The quantitative estimate of drug-likeness (QED) is 0.910. The molecule has 1 aromatic carbocycles. The number of carbonyl (C=O) groups is 1. The van der Waals surface area contributed by atoms with Crippen LogP contribution in [-0.4, -0.2) is 17.2 Å². The van der Waals surface area contributed by atoms with Crippen LogP contribution < -0.4 is 0 Å². The first-order valence-corrected chi connectivity index (χ1v) is 7.09. The Bertz CT molecular complexity index is 477. The lowest BCUT2D eigenvalue weighted by atomic mass is 9.82. The summed E-state index contributed by atoms with van der Waals surface area (Å²) in [4.78, 5) is 10.7. The van der Waals surface area contributed by atoms with E-state index in [9.17, 15) is 9.18 Å². The van der Waals surface area contributed by atoms with Gasteiger partial charge in [0.05, 0.1) is 18.3 Å². The molecule has 0 amide bonds. The highest BCUT2D eigenvalue weighted by molar-refractivity contribution is 5.87. The van der Waals surface area contributed by atoms with Gasteiger partial charge in [0.2, 0.25) is 0 Å².